The molecule has 140 valence electrons. The first kappa shape index (κ1) is 18.4. The number of fused-ring (bicyclic) bond motifs is 1. The second-order valence-electron chi connectivity index (χ2n) is 7.27. The molecule has 7 nitrogen and oxygen atoms in total. The van der Waals surface area contributed by atoms with Crippen molar-refractivity contribution >= 4 is 11.7 Å². The minimum atomic E-state index is -0.219. The maximum atomic E-state index is 12.5. The Morgan fingerprint density at radius 2 is 2.00 bits per heavy atom. The van der Waals surface area contributed by atoms with Gasteiger partial charge in [0.15, 0.2) is 5.82 Å². The molecular weight excluding hydrogens is 328 g/mol. The fraction of sp³-hybridized carbons (Fsp3) is 0.526. The van der Waals surface area contributed by atoms with Crippen molar-refractivity contribution in [3.05, 3.63) is 41.5 Å². The molecule has 0 aliphatic carbocycles. The van der Waals surface area contributed by atoms with E-state index in [1.165, 1.54) is 0 Å². The van der Waals surface area contributed by atoms with Gasteiger partial charge in [-0.25, -0.2) is 4.79 Å². The number of urea groups is 1. The van der Waals surface area contributed by atoms with Gasteiger partial charge in [-0.05, 0) is 31.4 Å². The van der Waals surface area contributed by atoms with E-state index < -0.39 is 0 Å². The zero-order chi connectivity index (χ0) is 18.5. The van der Waals surface area contributed by atoms with Gasteiger partial charge in [-0.3, -0.25) is 0 Å². The number of carbonyl (C=O) groups is 1. The summed E-state index contributed by atoms with van der Waals surface area (Å²) in [6.45, 7) is 8.94. The SMILES string of the molecule is Cc1ccc(NC(=O)N[C@@H](CC(C)C)c2nnc3n2CCNCC3)cc1. The minimum Gasteiger partial charge on any atom is -0.328 e. The highest BCUT2D eigenvalue weighted by molar-refractivity contribution is 5.89. The van der Waals surface area contributed by atoms with E-state index in [9.17, 15) is 4.79 Å². The molecule has 1 atom stereocenters. The van der Waals surface area contributed by atoms with Gasteiger partial charge in [0.2, 0.25) is 0 Å². The molecule has 2 heterocycles. The summed E-state index contributed by atoms with van der Waals surface area (Å²) >= 11 is 0. The Morgan fingerprint density at radius 3 is 2.73 bits per heavy atom. The molecule has 0 saturated heterocycles. The van der Waals surface area contributed by atoms with Crippen molar-refractivity contribution in [1.29, 1.82) is 0 Å². The summed E-state index contributed by atoms with van der Waals surface area (Å²) in [7, 11) is 0. The van der Waals surface area contributed by atoms with E-state index in [1.54, 1.807) is 0 Å². The van der Waals surface area contributed by atoms with E-state index in [2.05, 4.69) is 44.6 Å². The molecule has 2 aromatic rings. The smallest absolute Gasteiger partial charge is 0.319 e. The van der Waals surface area contributed by atoms with Crippen LogP contribution in [-0.4, -0.2) is 33.9 Å². The number of hydrogen-bond donors (Lipinski definition) is 3. The number of benzene rings is 1. The average molecular weight is 356 g/mol. The van der Waals surface area contributed by atoms with Gasteiger partial charge >= 0.3 is 6.03 Å². The second-order valence-corrected chi connectivity index (χ2v) is 7.27. The van der Waals surface area contributed by atoms with Crippen molar-refractivity contribution in [2.24, 2.45) is 5.92 Å². The number of anilines is 1. The third kappa shape index (κ3) is 4.60. The fourth-order valence-electron chi connectivity index (χ4n) is 3.21. The van der Waals surface area contributed by atoms with Gasteiger partial charge in [-0.1, -0.05) is 31.5 Å². The highest BCUT2D eigenvalue weighted by Gasteiger charge is 2.24. The molecule has 1 aromatic carbocycles. The molecule has 0 saturated carbocycles. The Hall–Kier alpha value is -2.41. The van der Waals surface area contributed by atoms with Crippen LogP contribution in [0.5, 0.6) is 0 Å². The zero-order valence-corrected chi connectivity index (χ0v) is 15.7. The van der Waals surface area contributed by atoms with E-state index >= 15 is 0 Å². The topological polar surface area (TPSA) is 83.9 Å². The number of nitrogens with zero attached hydrogens (tertiary/aromatic N) is 3. The third-order valence-electron chi connectivity index (χ3n) is 4.53. The Bertz CT molecular complexity index is 737. The van der Waals surface area contributed by atoms with Crippen molar-refractivity contribution in [2.75, 3.05) is 18.4 Å². The van der Waals surface area contributed by atoms with Crippen LogP contribution in [0.15, 0.2) is 24.3 Å². The third-order valence-corrected chi connectivity index (χ3v) is 4.53. The van der Waals surface area contributed by atoms with Crippen LogP contribution in [0, 0.1) is 12.8 Å². The Balaban J connectivity index is 1.75. The van der Waals surface area contributed by atoms with Gasteiger partial charge in [0.05, 0.1) is 6.04 Å². The Labute approximate surface area is 154 Å². The quantitative estimate of drug-likeness (QED) is 0.769. The van der Waals surface area contributed by atoms with E-state index in [4.69, 9.17) is 0 Å². The van der Waals surface area contributed by atoms with Crippen molar-refractivity contribution < 1.29 is 4.79 Å². The predicted molar refractivity (Wildman–Crippen MR) is 102 cm³/mol. The van der Waals surface area contributed by atoms with Crippen molar-refractivity contribution in [2.45, 2.75) is 46.2 Å². The molecule has 0 spiro atoms. The molecule has 1 aliphatic rings. The van der Waals surface area contributed by atoms with Gasteiger partial charge < -0.3 is 20.5 Å². The van der Waals surface area contributed by atoms with Crippen LogP contribution in [0.4, 0.5) is 10.5 Å². The minimum absolute atomic E-state index is 0.167. The van der Waals surface area contributed by atoms with Crippen LogP contribution in [-0.2, 0) is 13.0 Å². The van der Waals surface area contributed by atoms with Crippen molar-refractivity contribution in [3.63, 3.8) is 0 Å². The normalized spacial score (nSPS) is 15.2. The Morgan fingerprint density at radius 1 is 1.23 bits per heavy atom. The lowest BCUT2D eigenvalue weighted by atomic mass is 10.0. The molecule has 0 bridgehead atoms. The molecule has 1 aromatic heterocycles. The van der Waals surface area contributed by atoms with Crippen LogP contribution in [0.2, 0.25) is 0 Å². The molecule has 3 rings (SSSR count). The van der Waals surface area contributed by atoms with Crippen molar-refractivity contribution in [3.8, 4) is 0 Å². The highest BCUT2D eigenvalue weighted by Crippen LogP contribution is 2.22. The van der Waals surface area contributed by atoms with Crippen LogP contribution >= 0.6 is 0 Å². The summed E-state index contributed by atoms with van der Waals surface area (Å²) in [5.74, 6) is 2.26. The number of aryl methyl sites for hydroxylation is 1. The first-order valence-electron chi connectivity index (χ1n) is 9.30. The molecule has 2 amide bonds. The number of amides is 2. The summed E-state index contributed by atoms with van der Waals surface area (Å²) in [6, 6.07) is 7.38. The second kappa shape index (κ2) is 8.31. The summed E-state index contributed by atoms with van der Waals surface area (Å²) in [5, 5.41) is 18.1. The van der Waals surface area contributed by atoms with Crippen LogP contribution in [0.25, 0.3) is 0 Å². The molecule has 0 fully saturated rings. The molecule has 0 radical (unpaired) electrons. The summed E-state index contributed by atoms with van der Waals surface area (Å²) in [5.41, 5.74) is 1.94. The predicted octanol–water partition coefficient (Wildman–Crippen LogP) is 2.64. The van der Waals surface area contributed by atoms with Crippen LogP contribution < -0.4 is 16.0 Å². The first-order chi connectivity index (χ1) is 12.5. The van der Waals surface area contributed by atoms with Crippen LogP contribution in [0.1, 0.15) is 43.5 Å². The fourth-order valence-corrected chi connectivity index (χ4v) is 3.21. The van der Waals surface area contributed by atoms with Gasteiger partial charge in [0, 0.05) is 31.7 Å². The monoisotopic (exact) mass is 356 g/mol. The first-order valence-corrected chi connectivity index (χ1v) is 9.30. The summed E-state index contributed by atoms with van der Waals surface area (Å²) < 4.78 is 2.15. The van der Waals surface area contributed by atoms with Crippen molar-refractivity contribution in [1.82, 2.24) is 25.4 Å². The van der Waals surface area contributed by atoms with Gasteiger partial charge in [0.25, 0.3) is 0 Å². The molecule has 1 aliphatic heterocycles. The van der Waals surface area contributed by atoms with E-state index in [-0.39, 0.29) is 12.1 Å². The number of aromatic nitrogens is 3. The number of rotatable bonds is 5. The summed E-state index contributed by atoms with van der Waals surface area (Å²) in [4.78, 5) is 12.5. The van der Waals surface area contributed by atoms with Crippen LogP contribution in [0.3, 0.4) is 0 Å². The zero-order valence-electron chi connectivity index (χ0n) is 15.7. The molecule has 3 N–H and O–H groups in total. The van der Waals surface area contributed by atoms with Gasteiger partial charge in [-0.2, -0.15) is 0 Å². The number of carbonyl (C=O) groups excluding carboxylic acids is 1. The molecule has 0 unspecified atom stereocenters. The lowest BCUT2D eigenvalue weighted by Gasteiger charge is -2.21. The lowest BCUT2D eigenvalue weighted by Crippen LogP contribution is -2.35. The standard InChI is InChI=1S/C19H28N6O/c1-13(2)12-16(18-24-23-17-8-9-20-10-11-25(17)18)22-19(26)21-15-6-4-14(3)5-7-15/h4-7,13,16,20H,8-12H2,1-3H3,(H2,21,22,26)/t16-/m0/s1. The van der Waals surface area contributed by atoms with E-state index in [0.717, 1.165) is 55.4 Å². The lowest BCUT2D eigenvalue weighted by molar-refractivity contribution is 0.245. The highest BCUT2D eigenvalue weighted by atomic mass is 16.2. The van der Waals surface area contributed by atoms with E-state index in [1.807, 2.05) is 31.2 Å². The maximum Gasteiger partial charge on any atom is 0.319 e. The molecular formula is C19H28N6O. The largest absolute Gasteiger partial charge is 0.328 e. The molecule has 26 heavy (non-hydrogen) atoms. The van der Waals surface area contributed by atoms with E-state index in [0.29, 0.717) is 5.92 Å². The number of hydrogen-bond acceptors (Lipinski definition) is 4. The van der Waals surface area contributed by atoms with Gasteiger partial charge in [0.1, 0.15) is 5.82 Å². The number of nitrogens with one attached hydrogen (secondary N) is 3. The average Bonchev–Trinajstić information content (AvgIpc) is 2.84. The summed E-state index contributed by atoms with van der Waals surface area (Å²) in [6.07, 6.45) is 1.67. The molecule has 7 heteroatoms. The maximum absolute atomic E-state index is 12.5. The Kier molecular flexibility index (Phi) is 5.88. The van der Waals surface area contributed by atoms with Gasteiger partial charge in [-0.15, -0.1) is 10.2 Å².